The number of hydrogen-bond donors (Lipinski definition) is 1. The molecule has 1 aromatic carbocycles. The summed E-state index contributed by atoms with van der Waals surface area (Å²) >= 11 is 1.49. The molecule has 0 unspecified atom stereocenters. The zero-order valence-corrected chi connectivity index (χ0v) is 10.3. The molecular formula is C12H11NO3S. The Morgan fingerprint density at radius 1 is 1.29 bits per heavy atom. The minimum Gasteiger partial charge on any atom is -0.425 e. The molecule has 0 aliphatic heterocycles. The van der Waals surface area contributed by atoms with Crippen LogP contribution in [-0.4, -0.2) is 11.9 Å². The molecule has 1 aromatic heterocycles. The van der Waals surface area contributed by atoms with E-state index in [1.165, 1.54) is 25.2 Å². The van der Waals surface area contributed by atoms with Crippen LogP contribution in [0.25, 0.3) is 10.1 Å². The number of ether oxygens (including phenoxy) is 1. The summed E-state index contributed by atoms with van der Waals surface area (Å²) in [5.41, 5.74) is 0.691. The molecular weight excluding hydrogens is 238 g/mol. The van der Waals surface area contributed by atoms with Crippen LogP contribution < -0.4 is 10.1 Å². The number of thiophene rings is 1. The van der Waals surface area contributed by atoms with Gasteiger partial charge < -0.3 is 10.1 Å². The summed E-state index contributed by atoms with van der Waals surface area (Å²) in [6.07, 6.45) is 0. The largest absolute Gasteiger partial charge is 0.425 e. The number of carbonyl (C=O) groups is 2. The normalized spacial score (nSPS) is 10.2. The van der Waals surface area contributed by atoms with Crippen LogP contribution in [0.5, 0.6) is 5.75 Å². The Bertz CT molecular complexity index is 588. The van der Waals surface area contributed by atoms with Crippen LogP contribution in [-0.2, 0) is 9.59 Å². The smallest absolute Gasteiger partial charge is 0.308 e. The number of hydrogen-bond acceptors (Lipinski definition) is 4. The van der Waals surface area contributed by atoms with Crippen molar-refractivity contribution in [3.8, 4) is 5.75 Å². The van der Waals surface area contributed by atoms with Crippen LogP contribution in [0.15, 0.2) is 23.6 Å². The Morgan fingerprint density at radius 3 is 2.71 bits per heavy atom. The standard InChI is InChI=1S/C12H11NO3S/c1-7(14)13-9-3-4-12-10(5-9)11(6-17-12)16-8(2)15/h3-6H,1-2H3,(H,13,14). The highest BCUT2D eigenvalue weighted by Crippen LogP contribution is 2.34. The highest BCUT2D eigenvalue weighted by atomic mass is 32.1. The molecule has 0 spiro atoms. The number of carbonyl (C=O) groups excluding carboxylic acids is 2. The molecule has 0 saturated carbocycles. The molecule has 17 heavy (non-hydrogen) atoms. The van der Waals surface area contributed by atoms with Gasteiger partial charge >= 0.3 is 5.97 Å². The molecule has 0 bridgehead atoms. The van der Waals surface area contributed by atoms with Gasteiger partial charge in [0.1, 0.15) is 5.75 Å². The molecule has 88 valence electrons. The molecule has 0 saturated heterocycles. The fourth-order valence-corrected chi connectivity index (χ4v) is 2.36. The van der Waals surface area contributed by atoms with Crippen molar-refractivity contribution in [3.05, 3.63) is 23.6 Å². The second-order valence-corrected chi connectivity index (χ2v) is 4.50. The molecule has 0 fully saturated rings. The highest BCUT2D eigenvalue weighted by molar-refractivity contribution is 7.17. The van der Waals surface area contributed by atoms with Gasteiger partial charge in [0.2, 0.25) is 5.91 Å². The first-order valence-corrected chi connectivity index (χ1v) is 5.91. The van der Waals surface area contributed by atoms with Crippen LogP contribution in [0.1, 0.15) is 13.8 Å². The van der Waals surface area contributed by atoms with Crippen molar-refractivity contribution in [1.82, 2.24) is 0 Å². The maximum Gasteiger partial charge on any atom is 0.308 e. The van der Waals surface area contributed by atoms with E-state index in [4.69, 9.17) is 4.74 Å². The maximum atomic E-state index is 11.0. The lowest BCUT2D eigenvalue weighted by atomic mass is 10.2. The van der Waals surface area contributed by atoms with Crippen molar-refractivity contribution >= 4 is 39.0 Å². The summed E-state index contributed by atoms with van der Waals surface area (Å²) < 4.78 is 6.10. The van der Waals surface area contributed by atoms with E-state index in [0.29, 0.717) is 11.4 Å². The van der Waals surface area contributed by atoms with Gasteiger partial charge in [0.05, 0.1) is 0 Å². The Labute approximate surface area is 102 Å². The van der Waals surface area contributed by atoms with Gasteiger partial charge in [-0.1, -0.05) is 0 Å². The topological polar surface area (TPSA) is 55.4 Å². The first kappa shape index (κ1) is 11.6. The Hall–Kier alpha value is -1.88. The van der Waals surface area contributed by atoms with E-state index >= 15 is 0 Å². The van der Waals surface area contributed by atoms with Crippen LogP contribution in [0, 0.1) is 0 Å². The van der Waals surface area contributed by atoms with E-state index in [9.17, 15) is 9.59 Å². The predicted molar refractivity (Wildman–Crippen MR) is 67.4 cm³/mol. The van der Waals surface area contributed by atoms with Gasteiger partial charge in [0, 0.05) is 35.0 Å². The molecule has 1 heterocycles. The van der Waals surface area contributed by atoms with Crippen molar-refractivity contribution in [2.45, 2.75) is 13.8 Å². The second-order valence-electron chi connectivity index (χ2n) is 3.59. The molecule has 1 amide bonds. The van der Waals surface area contributed by atoms with Gasteiger partial charge in [0.15, 0.2) is 0 Å². The van der Waals surface area contributed by atoms with Crippen molar-refractivity contribution in [1.29, 1.82) is 0 Å². The first-order valence-electron chi connectivity index (χ1n) is 5.03. The molecule has 4 nitrogen and oxygen atoms in total. The monoisotopic (exact) mass is 249 g/mol. The van der Waals surface area contributed by atoms with E-state index < -0.39 is 0 Å². The predicted octanol–water partition coefficient (Wildman–Crippen LogP) is 2.79. The number of rotatable bonds is 2. The van der Waals surface area contributed by atoms with E-state index in [1.54, 1.807) is 11.4 Å². The number of nitrogens with one attached hydrogen (secondary N) is 1. The molecule has 0 atom stereocenters. The summed E-state index contributed by atoms with van der Waals surface area (Å²) in [5.74, 6) is 0.0490. The van der Waals surface area contributed by atoms with Crippen molar-refractivity contribution < 1.29 is 14.3 Å². The molecule has 0 radical (unpaired) electrons. The van der Waals surface area contributed by atoms with Crippen molar-refractivity contribution in [2.24, 2.45) is 0 Å². The van der Waals surface area contributed by atoms with Gasteiger partial charge in [-0.3, -0.25) is 9.59 Å². The second kappa shape index (κ2) is 4.55. The summed E-state index contributed by atoms with van der Waals surface area (Å²) in [7, 11) is 0. The Balaban J connectivity index is 2.42. The number of fused-ring (bicyclic) bond motifs is 1. The van der Waals surface area contributed by atoms with E-state index in [-0.39, 0.29) is 11.9 Å². The van der Waals surface area contributed by atoms with E-state index in [2.05, 4.69) is 5.32 Å². The number of esters is 1. The third-order valence-electron chi connectivity index (χ3n) is 2.11. The third kappa shape index (κ3) is 2.62. The molecule has 1 N–H and O–H groups in total. The van der Waals surface area contributed by atoms with Crippen molar-refractivity contribution in [3.63, 3.8) is 0 Å². The maximum absolute atomic E-state index is 11.0. The third-order valence-corrected chi connectivity index (χ3v) is 3.05. The van der Waals surface area contributed by atoms with E-state index in [1.807, 2.05) is 12.1 Å². The van der Waals surface area contributed by atoms with Gasteiger partial charge in [-0.2, -0.15) is 0 Å². The fraction of sp³-hybridized carbons (Fsp3) is 0.167. The van der Waals surface area contributed by atoms with Crippen molar-refractivity contribution in [2.75, 3.05) is 5.32 Å². The average Bonchev–Trinajstić information content (AvgIpc) is 2.59. The molecule has 0 aliphatic rings. The van der Waals surface area contributed by atoms with Crippen LogP contribution in [0.4, 0.5) is 5.69 Å². The summed E-state index contributed by atoms with van der Waals surface area (Å²) in [4.78, 5) is 21.9. The average molecular weight is 249 g/mol. The Kier molecular flexibility index (Phi) is 3.10. The number of amides is 1. The first-order chi connectivity index (χ1) is 8.06. The lowest BCUT2D eigenvalue weighted by Gasteiger charge is -2.03. The van der Waals surface area contributed by atoms with Gasteiger partial charge in [-0.15, -0.1) is 11.3 Å². The molecule has 5 heteroatoms. The van der Waals surface area contributed by atoms with Crippen LogP contribution in [0.3, 0.4) is 0 Å². The lowest BCUT2D eigenvalue weighted by molar-refractivity contribution is -0.131. The fourth-order valence-electron chi connectivity index (χ4n) is 1.52. The van der Waals surface area contributed by atoms with E-state index in [0.717, 1.165) is 10.1 Å². The van der Waals surface area contributed by atoms with Gasteiger partial charge in [-0.05, 0) is 18.2 Å². The minimum atomic E-state index is -0.352. The van der Waals surface area contributed by atoms with Crippen LogP contribution >= 0.6 is 11.3 Å². The molecule has 0 aliphatic carbocycles. The number of benzene rings is 1. The van der Waals surface area contributed by atoms with Crippen LogP contribution in [0.2, 0.25) is 0 Å². The summed E-state index contributed by atoms with van der Waals surface area (Å²) in [6.45, 7) is 2.81. The SMILES string of the molecule is CC(=O)Nc1ccc2scc(OC(C)=O)c2c1. The zero-order valence-electron chi connectivity index (χ0n) is 9.44. The minimum absolute atomic E-state index is 0.131. The van der Waals surface area contributed by atoms with Gasteiger partial charge in [0.25, 0.3) is 0 Å². The molecule has 2 rings (SSSR count). The molecule has 2 aromatic rings. The number of anilines is 1. The zero-order chi connectivity index (χ0) is 12.4. The lowest BCUT2D eigenvalue weighted by Crippen LogP contribution is -2.05. The summed E-state index contributed by atoms with van der Waals surface area (Å²) in [6, 6.07) is 5.50. The highest BCUT2D eigenvalue weighted by Gasteiger charge is 2.08. The quantitative estimate of drug-likeness (QED) is 0.833. The van der Waals surface area contributed by atoms with Gasteiger partial charge in [-0.25, -0.2) is 0 Å². The summed E-state index contributed by atoms with van der Waals surface area (Å²) in [5, 5.41) is 5.30. The Morgan fingerprint density at radius 2 is 2.06 bits per heavy atom.